The van der Waals surface area contributed by atoms with Gasteiger partial charge in [-0.25, -0.2) is 0 Å². The van der Waals surface area contributed by atoms with E-state index in [1.54, 1.807) is 6.92 Å². The third-order valence-corrected chi connectivity index (χ3v) is 7.44. The highest BCUT2D eigenvalue weighted by atomic mass is 16.5. The van der Waals surface area contributed by atoms with Gasteiger partial charge in [-0.3, -0.25) is 14.4 Å². The Morgan fingerprint density at radius 3 is 2.49 bits per heavy atom. The monoisotopic (exact) mass is 478 g/mol. The quantitative estimate of drug-likeness (QED) is 0.445. The minimum absolute atomic E-state index is 0.141. The lowest BCUT2D eigenvalue weighted by Gasteiger charge is -2.33. The zero-order valence-electron chi connectivity index (χ0n) is 20.5. The van der Waals surface area contributed by atoms with Crippen LogP contribution in [-0.2, 0) is 19.1 Å². The maximum absolute atomic E-state index is 13.8. The van der Waals surface area contributed by atoms with Gasteiger partial charge in [-0.2, -0.15) is 0 Å². The summed E-state index contributed by atoms with van der Waals surface area (Å²) in [7, 11) is 0. The molecule has 2 aromatic carbocycles. The molecule has 2 aliphatic rings. The Labute approximate surface area is 206 Å². The van der Waals surface area contributed by atoms with Crippen LogP contribution in [0.25, 0.3) is 10.8 Å². The van der Waals surface area contributed by atoms with Crippen LogP contribution in [0.2, 0.25) is 0 Å². The van der Waals surface area contributed by atoms with Crippen molar-refractivity contribution >= 4 is 34.2 Å². The summed E-state index contributed by atoms with van der Waals surface area (Å²) >= 11 is 0. The van der Waals surface area contributed by atoms with Crippen molar-refractivity contribution in [3.05, 3.63) is 54.6 Å². The number of aliphatic hydroxyl groups is 1. The van der Waals surface area contributed by atoms with Crippen molar-refractivity contribution in [2.75, 3.05) is 18.5 Å². The van der Waals surface area contributed by atoms with Crippen LogP contribution < -0.4 is 5.32 Å². The van der Waals surface area contributed by atoms with Crippen LogP contribution in [0.3, 0.4) is 0 Å². The van der Waals surface area contributed by atoms with Crippen molar-refractivity contribution in [3.8, 4) is 0 Å². The van der Waals surface area contributed by atoms with E-state index < -0.39 is 35.8 Å². The largest absolute Gasteiger partial charge is 0.466 e. The number of rotatable bonds is 8. The van der Waals surface area contributed by atoms with Crippen LogP contribution in [0.4, 0.5) is 5.69 Å². The summed E-state index contributed by atoms with van der Waals surface area (Å²) in [5, 5.41) is 15.1. The van der Waals surface area contributed by atoms with E-state index in [1.165, 1.54) is 4.90 Å². The van der Waals surface area contributed by atoms with Crippen molar-refractivity contribution in [3.63, 3.8) is 0 Å². The molecule has 0 aromatic heterocycles. The SMILES string of the molecule is CCOC(=O)[C@H]1[C@H]2C(=O)N([C@@H](CC)CO)[C@H](C(=O)Nc3ccc4ccccc4c3)[C@H]2C=C[C@H]1CC. The molecule has 1 aliphatic heterocycles. The number of nitrogens with zero attached hydrogens (tertiary/aromatic N) is 1. The van der Waals surface area contributed by atoms with Crippen molar-refractivity contribution in [2.24, 2.45) is 23.7 Å². The van der Waals surface area contributed by atoms with Gasteiger partial charge in [0.1, 0.15) is 6.04 Å². The highest BCUT2D eigenvalue weighted by Crippen LogP contribution is 2.46. The zero-order chi connectivity index (χ0) is 25.1. The Bertz CT molecular complexity index is 1130. The summed E-state index contributed by atoms with van der Waals surface area (Å²) in [4.78, 5) is 42.0. The maximum atomic E-state index is 13.8. The summed E-state index contributed by atoms with van der Waals surface area (Å²) in [5.41, 5.74) is 0.634. The van der Waals surface area contributed by atoms with Crippen LogP contribution in [-0.4, -0.2) is 53.1 Å². The highest BCUT2D eigenvalue weighted by Gasteiger charge is 2.58. The summed E-state index contributed by atoms with van der Waals surface area (Å²) < 4.78 is 5.36. The van der Waals surface area contributed by atoms with E-state index in [2.05, 4.69) is 5.32 Å². The molecule has 4 rings (SSSR count). The number of carbonyl (C=O) groups is 3. The Hall–Kier alpha value is -3.19. The van der Waals surface area contributed by atoms with Gasteiger partial charge >= 0.3 is 5.97 Å². The first kappa shape index (κ1) is 24.9. The number of anilines is 1. The fraction of sp³-hybridized carbons (Fsp3) is 0.464. The summed E-state index contributed by atoms with van der Waals surface area (Å²) in [6.45, 7) is 5.57. The molecule has 0 spiro atoms. The predicted octanol–water partition coefficient (Wildman–Crippen LogP) is 3.77. The number of esters is 1. The Balaban J connectivity index is 1.71. The molecule has 7 nitrogen and oxygen atoms in total. The number of allylic oxidation sites excluding steroid dienone is 1. The molecule has 186 valence electrons. The topological polar surface area (TPSA) is 95.9 Å². The first-order valence-corrected chi connectivity index (χ1v) is 12.5. The Kier molecular flexibility index (Phi) is 7.55. The van der Waals surface area contributed by atoms with Gasteiger partial charge < -0.3 is 20.1 Å². The average molecular weight is 479 g/mol. The maximum Gasteiger partial charge on any atom is 0.310 e. The minimum Gasteiger partial charge on any atom is -0.466 e. The predicted molar refractivity (Wildman–Crippen MR) is 134 cm³/mol. The zero-order valence-corrected chi connectivity index (χ0v) is 20.5. The number of fused-ring (bicyclic) bond motifs is 2. The third-order valence-electron chi connectivity index (χ3n) is 7.44. The van der Waals surface area contributed by atoms with Gasteiger partial charge in [0.2, 0.25) is 11.8 Å². The van der Waals surface area contributed by atoms with Crippen LogP contribution in [0, 0.1) is 23.7 Å². The number of aliphatic hydroxyl groups excluding tert-OH is 1. The second kappa shape index (κ2) is 10.6. The molecule has 2 amide bonds. The van der Waals surface area contributed by atoms with E-state index >= 15 is 0 Å². The molecule has 35 heavy (non-hydrogen) atoms. The molecule has 1 saturated heterocycles. The van der Waals surface area contributed by atoms with Crippen molar-refractivity contribution in [2.45, 2.75) is 45.7 Å². The molecular formula is C28H34N2O5. The lowest BCUT2D eigenvalue weighted by atomic mass is 9.69. The van der Waals surface area contributed by atoms with E-state index in [9.17, 15) is 19.5 Å². The number of carbonyl (C=O) groups excluding carboxylic acids is 3. The number of likely N-dealkylation sites (tertiary alicyclic amines) is 1. The Morgan fingerprint density at radius 1 is 1.09 bits per heavy atom. The molecule has 7 heteroatoms. The van der Waals surface area contributed by atoms with Crippen LogP contribution in [0.15, 0.2) is 54.6 Å². The molecule has 1 heterocycles. The lowest BCUT2D eigenvalue weighted by molar-refractivity contribution is -0.156. The van der Waals surface area contributed by atoms with E-state index in [-0.39, 0.29) is 30.9 Å². The summed E-state index contributed by atoms with van der Waals surface area (Å²) in [6, 6.07) is 12.2. The van der Waals surface area contributed by atoms with Crippen LogP contribution >= 0.6 is 0 Å². The summed E-state index contributed by atoms with van der Waals surface area (Å²) in [6.07, 6.45) is 5.05. The van der Waals surface area contributed by atoms with E-state index in [0.717, 1.165) is 10.8 Å². The number of nitrogens with one attached hydrogen (secondary N) is 1. The highest BCUT2D eigenvalue weighted by molar-refractivity contribution is 6.02. The molecule has 1 aliphatic carbocycles. The van der Waals surface area contributed by atoms with Gasteiger partial charge in [-0.15, -0.1) is 0 Å². The number of hydrogen-bond donors (Lipinski definition) is 2. The molecule has 0 radical (unpaired) electrons. The van der Waals surface area contributed by atoms with Gasteiger partial charge in [0.15, 0.2) is 0 Å². The van der Waals surface area contributed by atoms with E-state index in [4.69, 9.17) is 4.74 Å². The molecule has 6 atom stereocenters. The van der Waals surface area contributed by atoms with E-state index in [0.29, 0.717) is 18.5 Å². The number of benzene rings is 2. The first-order valence-electron chi connectivity index (χ1n) is 12.5. The van der Waals surface area contributed by atoms with Crippen molar-refractivity contribution in [1.82, 2.24) is 4.90 Å². The molecule has 0 saturated carbocycles. The molecule has 2 aromatic rings. The lowest BCUT2D eigenvalue weighted by Crippen LogP contribution is -2.50. The molecule has 0 unspecified atom stereocenters. The fourth-order valence-electron chi connectivity index (χ4n) is 5.69. The van der Waals surface area contributed by atoms with Gasteiger partial charge in [0, 0.05) is 11.6 Å². The summed E-state index contributed by atoms with van der Waals surface area (Å²) in [5.74, 6) is -2.97. The second-order valence-electron chi connectivity index (χ2n) is 9.32. The molecule has 1 fully saturated rings. The van der Waals surface area contributed by atoms with Crippen molar-refractivity contribution < 1.29 is 24.2 Å². The van der Waals surface area contributed by atoms with Crippen molar-refractivity contribution in [1.29, 1.82) is 0 Å². The number of amides is 2. The van der Waals surface area contributed by atoms with E-state index in [1.807, 2.05) is 68.5 Å². The first-order chi connectivity index (χ1) is 16.9. The number of ether oxygens (including phenoxy) is 1. The van der Waals surface area contributed by atoms with Gasteiger partial charge in [-0.05, 0) is 48.6 Å². The van der Waals surface area contributed by atoms with Crippen LogP contribution in [0.1, 0.15) is 33.6 Å². The average Bonchev–Trinajstić information content (AvgIpc) is 3.16. The van der Waals surface area contributed by atoms with Crippen LogP contribution in [0.5, 0.6) is 0 Å². The molecular weight excluding hydrogens is 444 g/mol. The second-order valence-corrected chi connectivity index (χ2v) is 9.32. The Morgan fingerprint density at radius 2 is 1.83 bits per heavy atom. The molecule has 0 bridgehead atoms. The van der Waals surface area contributed by atoms with Gasteiger partial charge in [-0.1, -0.05) is 56.3 Å². The smallest absolute Gasteiger partial charge is 0.310 e. The fourth-order valence-corrected chi connectivity index (χ4v) is 5.69. The van der Waals surface area contributed by atoms with Gasteiger partial charge in [0.25, 0.3) is 0 Å². The normalized spacial score (nSPS) is 26.5. The standard InChI is InChI=1S/C28H34N2O5/c1-4-17-12-14-22-24(23(17)28(34)35-6-3)27(33)30(21(5-2)16-31)25(22)26(32)29-20-13-11-18-9-7-8-10-19(18)15-20/h7-15,17,21-25,31H,4-6,16H2,1-3H3,(H,29,32)/t17-,21+,22+,23-,24+,25+/m1/s1. The molecule has 2 N–H and O–H groups in total. The van der Waals surface area contributed by atoms with Gasteiger partial charge in [0.05, 0.1) is 31.1 Å². The minimum atomic E-state index is -0.831. The number of hydrogen-bond acceptors (Lipinski definition) is 5. The third kappa shape index (κ3) is 4.57.